The van der Waals surface area contributed by atoms with E-state index in [1.54, 1.807) is 0 Å². The van der Waals surface area contributed by atoms with Crippen LogP contribution >= 0.6 is 0 Å². The van der Waals surface area contributed by atoms with E-state index in [0.29, 0.717) is 0 Å². The van der Waals surface area contributed by atoms with E-state index in [-0.39, 0.29) is 6.10 Å². The minimum atomic E-state index is -0.135. The summed E-state index contributed by atoms with van der Waals surface area (Å²) < 4.78 is 0. The third-order valence-electron chi connectivity index (χ3n) is 3.95. The molecule has 0 amide bonds. The summed E-state index contributed by atoms with van der Waals surface area (Å²) in [6, 6.07) is 8.86. The van der Waals surface area contributed by atoms with Crippen LogP contribution in [-0.2, 0) is 6.54 Å². The number of benzene rings is 1. The zero-order valence-corrected chi connectivity index (χ0v) is 12.2. The van der Waals surface area contributed by atoms with E-state index in [0.717, 1.165) is 45.6 Å². The van der Waals surface area contributed by atoms with Gasteiger partial charge >= 0.3 is 0 Å². The first kappa shape index (κ1) is 14.4. The molecule has 0 radical (unpaired) electrons. The lowest BCUT2D eigenvalue weighted by Crippen LogP contribution is -2.37. The molecule has 1 fully saturated rings. The van der Waals surface area contributed by atoms with Gasteiger partial charge in [-0.25, -0.2) is 0 Å². The van der Waals surface area contributed by atoms with E-state index in [4.69, 9.17) is 0 Å². The number of rotatable bonds is 5. The van der Waals surface area contributed by atoms with Gasteiger partial charge in [0.25, 0.3) is 0 Å². The molecule has 0 unspecified atom stereocenters. The smallest absolute Gasteiger partial charge is 0.0667 e. The maximum atomic E-state index is 9.69. The van der Waals surface area contributed by atoms with E-state index >= 15 is 0 Å². The van der Waals surface area contributed by atoms with Crippen LogP contribution in [0.2, 0.25) is 0 Å². The Morgan fingerprint density at radius 1 is 1.21 bits per heavy atom. The fraction of sp³-hybridized carbons (Fsp3) is 0.625. The molecule has 0 saturated carbocycles. The molecule has 3 nitrogen and oxygen atoms in total. The van der Waals surface area contributed by atoms with Crippen molar-refractivity contribution in [1.82, 2.24) is 4.90 Å². The van der Waals surface area contributed by atoms with Gasteiger partial charge in [0.2, 0.25) is 0 Å². The van der Waals surface area contributed by atoms with Gasteiger partial charge in [0.15, 0.2) is 0 Å². The monoisotopic (exact) mass is 262 g/mol. The van der Waals surface area contributed by atoms with Crippen LogP contribution in [0.25, 0.3) is 0 Å². The van der Waals surface area contributed by atoms with Crippen LogP contribution in [0.5, 0.6) is 0 Å². The molecule has 1 saturated heterocycles. The van der Waals surface area contributed by atoms with Crippen molar-refractivity contribution in [3.05, 3.63) is 29.8 Å². The molecule has 1 N–H and O–H groups in total. The van der Waals surface area contributed by atoms with Crippen LogP contribution in [0, 0.1) is 0 Å². The summed E-state index contributed by atoms with van der Waals surface area (Å²) in [5.41, 5.74) is 2.64. The Bertz CT molecular complexity index is 373. The summed E-state index contributed by atoms with van der Waals surface area (Å²) in [5.74, 6) is 0. The number of hydrogen-bond acceptors (Lipinski definition) is 3. The van der Waals surface area contributed by atoms with Gasteiger partial charge in [0.1, 0.15) is 0 Å². The molecule has 0 spiro atoms. The second-order valence-electron chi connectivity index (χ2n) is 5.37. The van der Waals surface area contributed by atoms with Gasteiger partial charge in [-0.3, -0.25) is 4.90 Å². The van der Waals surface area contributed by atoms with Crippen molar-refractivity contribution in [1.29, 1.82) is 0 Å². The molecular formula is C16H26N2O. The molecule has 2 rings (SSSR count). The maximum Gasteiger partial charge on any atom is 0.0667 e. The summed E-state index contributed by atoms with van der Waals surface area (Å²) in [6.07, 6.45) is 1.93. The number of nitrogens with zero attached hydrogens (tertiary/aromatic N) is 2. The summed E-state index contributed by atoms with van der Waals surface area (Å²) in [5, 5.41) is 9.69. The molecular weight excluding hydrogens is 236 g/mol. The Morgan fingerprint density at radius 3 is 2.47 bits per heavy atom. The van der Waals surface area contributed by atoms with Gasteiger partial charge < -0.3 is 10.0 Å². The third-order valence-corrected chi connectivity index (χ3v) is 3.95. The lowest BCUT2D eigenvalue weighted by molar-refractivity contribution is 0.0668. The normalized spacial score (nSPS) is 20.5. The molecule has 1 atom stereocenters. The lowest BCUT2D eigenvalue weighted by Gasteiger charge is -2.30. The minimum Gasteiger partial charge on any atom is -0.392 e. The second kappa shape index (κ2) is 6.92. The Hall–Kier alpha value is -1.06. The average molecular weight is 262 g/mol. The van der Waals surface area contributed by atoms with Crippen LogP contribution in [0.3, 0.4) is 0 Å². The Balaban J connectivity index is 1.94. The highest BCUT2D eigenvalue weighted by Crippen LogP contribution is 2.18. The predicted octanol–water partition coefficient (Wildman–Crippen LogP) is 2.49. The summed E-state index contributed by atoms with van der Waals surface area (Å²) >= 11 is 0. The molecule has 1 aliphatic heterocycles. The number of β-amino-alcohol motifs (C(OH)–C–C–N with tert-alkyl or cyclic N) is 1. The van der Waals surface area contributed by atoms with Crippen molar-refractivity contribution in [3.63, 3.8) is 0 Å². The van der Waals surface area contributed by atoms with Crippen LogP contribution in [0.15, 0.2) is 24.3 Å². The molecule has 1 heterocycles. The van der Waals surface area contributed by atoms with Crippen molar-refractivity contribution >= 4 is 5.69 Å². The summed E-state index contributed by atoms with van der Waals surface area (Å²) in [4.78, 5) is 4.70. The van der Waals surface area contributed by atoms with E-state index in [9.17, 15) is 5.11 Å². The van der Waals surface area contributed by atoms with Crippen LogP contribution in [0.4, 0.5) is 5.69 Å². The molecule has 106 valence electrons. The van der Waals surface area contributed by atoms with Crippen molar-refractivity contribution in [3.8, 4) is 0 Å². The van der Waals surface area contributed by atoms with E-state index in [1.165, 1.54) is 11.3 Å². The van der Waals surface area contributed by atoms with Gasteiger partial charge in [-0.05, 0) is 50.9 Å². The fourth-order valence-electron chi connectivity index (χ4n) is 2.83. The lowest BCUT2D eigenvalue weighted by atomic mass is 10.1. The zero-order valence-electron chi connectivity index (χ0n) is 12.2. The number of hydrogen-bond donors (Lipinski definition) is 1. The number of anilines is 1. The predicted molar refractivity (Wildman–Crippen MR) is 80.5 cm³/mol. The molecule has 0 aromatic heterocycles. The highest BCUT2D eigenvalue weighted by Gasteiger charge is 2.17. The van der Waals surface area contributed by atoms with Crippen LogP contribution in [0.1, 0.15) is 32.3 Å². The van der Waals surface area contributed by atoms with Gasteiger partial charge in [0, 0.05) is 31.9 Å². The number of piperidine rings is 1. The second-order valence-corrected chi connectivity index (χ2v) is 5.37. The highest BCUT2D eigenvalue weighted by molar-refractivity contribution is 5.47. The van der Waals surface area contributed by atoms with Crippen molar-refractivity contribution < 1.29 is 5.11 Å². The molecule has 0 aliphatic carbocycles. The van der Waals surface area contributed by atoms with E-state index < -0.39 is 0 Å². The number of aliphatic hydroxyl groups excluding tert-OH is 1. The number of aliphatic hydroxyl groups is 1. The molecule has 1 aromatic carbocycles. The molecule has 0 bridgehead atoms. The summed E-state index contributed by atoms with van der Waals surface area (Å²) in [7, 11) is 0. The highest BCUT2D eigenvalue weighted by atomic mass is 16.3. The maximum absolute atomic E-state index is 9.69. The first-order valence-electron chi connectivity index (χ1n) is 7.47. The van der Waals surface area contributed by atoms with Gasteiger partial charge in [-0.15, -0.1) is 0 Å². The number of likely N-dealkylation sites (tertiary alicyclic amines) is 1. The van der Waals surface area contributed by atoms with Gasteiger partial charge in [0.05, 0.1) is 6.10 Å². The minimum absolute atomic E-state index is 0.135. The SMILES string of the molecule is CCN(CC)c1ccc(CN2CCC[C@H](O)C2)cc1. The summed E-state index contributed by atoms with van der Waals surface area (Å²) in [6.45, 7) is 9.35. The zero-order chi connectivity index (χ0) is 13.7. The van der Waals surface area contributed by atoms with Gasteiger partial charge in [-0.2, -0.15) is 0 Å². The molecule has 1 aliphatic rings. The quantitative estimate of drug-likeness (QED) is 0.883. The Morgan fingerprint density at radius 2 is 1.89 bits per heavy atom. The Labute approximate surface area is 116 Å². The van der Waals surface area contributed by atoms with E-state index in [2.05, 4.69) is 47.9 Å². The van der Waals surface area contributed by atoms with Crippen molar-refractivity contribution in [2.75, 3.05) is 31.1 Å². The average Bonchev–Trinajstić information content (AvgIpc) is 2.42. The van der Waals surface area contributed by atoms with Crippen molar-refractivity contribution in [2.45, 2.75) is 39.3 Å². The third kappa shape index (κ3) is 3.95. The molecule has 3 heteroatoms. The van der Waals surface area contributed by atoms with Crippen molar-refractivity contribution in [2.24, 2.45) is 0 Å². The fourth-order valence-corrected chi connectivity index (χ4v) is 2.83. The first-order chi connectivity index (χ1) is 9.22. The topological polar surface area (TPSA) is 26.7 Å². The van der Waals surface area contributed by atoms with Crippen LogP contribution < -0.4 is 4.90 Å². The van der Waals surface area contributed by atoms with Crippen LogP contribution in [-0.4, -0.2) is 42.3 Å². The standard InChI is InChI=1S/C16H26N2O/c1-3-18(4-2)15-9-7-14(8-10-15)12-17-11-5-6-16(19)13-17/h7-10,16,19H,3-6,11-13H2,1-2H3/t16-/m0/s1. The molecule has 19 heavy (non-hydrogen) atoms. The largest absolute Gasteiger partial charge is 0.392 e. The van der Waals surface area contributed by atoms with E-state index in [1.807, 2.05) is 0 Å². The van der Waals surface area contributed by atoms with Gasteiger partial charge in [-0.1, -0.05) is 12.1 Å². The Kier molecular flexibility index (Phi) is 5.23. The molecule has 1 aromatic rings. The first-order valence-corrected chi connectivity index (χ1v) is 7.47.